The molecule has 1 atom stereocenters. The lowest BCUT2D eigenvalue weighted by Gasteiger charge is -2.15. The number of amides is 2. The third-order valence-electron chi connectivity index (χ3n) is 2.62. The highest BCUT2D eigenvalue weighted by molar-refractivity contribution is 7.98. The summed E-state index contributed by atoms with van der Waals surface area (Å²) < 4.78 is 18.2. The van der Waals surface area contributed by atoms with Crippen molar-refractivity contribution in [3.8, 4) is 5.75 Å². The van der Waals surface area contributed by atoms with E-state index < -0.39 is 23.9 Å². The van der Waals surface area contributed by atoms with E-state index >= 15 is 0 Å². The van der Waals surface area contributed by atoms with Gasteiger partial charge in [-0.2, -0.15) is 11.8 Å². The second-order valence-electron chi connectivity index (χ2n) is 4.12. The van der Waals surface area contributed by atoms with Crippen molar-refractivity contribution in [3.63, 3.8) is 0 Å². The smallest absolute Gasteiger partial charge is 0.326 e. The zero-order valence-electron chi connectivity index (χ0n) is 11.7. The van der Waals surface area contributed by atoms with Gasteiger partial charge in [-0.05, 0) is 30.6 Å². The number of urea groups is 1. The number of hydrogen-bond acceptors (Lipinski definition) is 4. The molecule has 1 aromatic carbocycles. The first-order valence-corrected chi connectivity index (χ1v) is 7.50. The maximum absolute atomic E-state index is 13.5. The van der Waals surface area contributed by atoms with Gasteiger partial charge in [-0.1, -0.05) is 0 Å². The van der Waals surface area contributed by atoms with Crippen LogP contribution in [0.15, 0.2) is 18.2 Å². The SMILES string of the molecule is COc1ccc(NC(=O)N[C@@H](CCSC)C(=O)O)cc1F. The first kappa shape index (κ1) is 17.1. The molecule has 3 N–H and O–H groups in total. The van der Waals surface area contributed by atoms with E-state index in [9.17, 15) is 14.0 Å². The number of carboxylic acids is 1. The van der Waals surface area contributed by atoms with E-state index in [2.05, 4.69) is 10.6 Å². The zero-order valence-corrected chi connectivity index (χ0v) is 12.5. The first-order chi connectivity index (χ1) is 9.97. The predicted octanol–water partition coefficient (Wildman–Crippen LogP) is 2.16. The van der Waals surface area contributed by atoms with E-state index in [0.29, 0.717) is 12.2 Å². The van der Waals surface area contributed by atoms with Crippen LogP contribution in [-0.4, -0.2) is 42.3 Å². The van der Waals surface area contributed by atoms with Crippen LogP contribution in [0.3, 0.4) is 0 Å². The van der Waals surface area contributed by atoms with Gasteiger partial charge in [-0.3, -0.25) is 0 Å². The van der Waals surface area contributed by atoms with Gasteiger partial charge >= 0.3 is 12.0 Å². The van der Waals surface area contributed by atoms with Gasteiger partial charge in [-0.15, -0.1) is 0 Å². The van der Waals surface area contributed by atoms with E-state index in [4.69, 9.17) is 9.84 Å². The van der Waals surface area contributed by atoms with Crippen molar-refractivity contribution in [1.82, 2.24) is 5.32 Å². The van der Waals surface area contributed by atoms with Crippen LogP contribution in [0.4, 0.5) is 14.9 Å². The molecule has 0 aliphatic heterocycles. The van der Waals surface area contributed by atoms with Crippen LogP contribution >= 0.6 is 11.8 Å². The van der Waals surface area contributed by atoms with E-state index in [1.165, 1.54) is 31.0 Å². The summed E-state index contributed by atoms with van der Waals surface area (Å²) in [7, 11) is 1.33. The fourth-order valence-electron chi connectivity index (χ4n) is 1.56. The Hall–Kier alpha value is -1.96. The van der Waals surface area contributed by atoms with Crippen LogP contribution in [-0.2, 0) is 4.79 Å². The molecule has 0 aliphatic carbocycles. The lowest BCUT2D eigenvalue weighted by Crippen LogP contribution is -2.43. The Kier molecular flexibility index (Phi) is 6.80. The number of aliphatic carboxylic acids is 1. The van der Waals surface area contributed by atoms with Gasteiger partial charge in [0.1, 0.15) is 6.04 Å². The molecule has 0 spiro atoms. The van der Waals surface area contributed by atoms with Gasteiger partial charge in [0.15, 0.2) is 11.6 Å². The van der Waals surface area contributed by atoms with E-state index in [1.54, 1.807) is 0 Å². The second kappa shape index (κ2) is 8.35. The summed E-state index contributed by atoms with van der Waals surface area (Å²) in [5.74, 6) is -1.06. The molecular formula is C13H17FN2O4S. The van der Waals surface area contributed by atoms with Crippen LogP contribution in [0.2, 0.25) is 0 Å². The number of halogens is 1. The molecule has 21 heavy (non-hydrogen) atoms. The Morgan fingerprint density at radius 3 is 2.71 bits per heavy atom. The highest BCUT2D eigenvalue weighted by atomic mass is 32.2. The molecule has 6 nitrogen and oxygen atoms in total. The van der Waals surface area contributed by atoms with Crippen molar-refractivity contribution < 1.29 is 23.8 Å². The summed E-state index contributed by atoms with van der Waals surface area (Å²) in [6.07, 6.45) is 2.15. The standard InChI is InChI=1S/C13H17FN2O4S/c1-20-11-4-3-8(7-9(11)14)15-13(19)16-10(12(17)18)5-6-21-2/h3-4,7,10H,5-6H2,1-2H3,(H,17,18)(H2,15,16,19)/t10-/m0/s1. The number of thioether (sulfide) groups is 1. The number of ether oxygens (including phenoxy) is 1. The highest BCUT2D eigenvalue weighted by Crippen LogP contribution is 2.20. The molecule has 0 saturated carbocycles. The Morgan fingerprint density at radius 2 is 2.19 bits per heavy atom. The average molecular weight is 316 g/mol. The number of benzene rings is 1. The Morgan fingerprint density at radius 1 is 1.48 bits per heavy atom. The number of nitrogens with one attached hydrogen (secondary N) is 2. The zero-order chi connectivity index (χ0) is 15.8. The maximum atomic E-state index is 13.5. The maximum Gasteiger partial charge on any atom is 0.326 e. The number of carboxylic acid groups (broad SMARTS) is 1. The summed E-state index contributed by atoms with van der Waals surface area (Å²) in [6.45, 7) is 0. The normalized spacial score (nSPS) is 11.6. The summed E-state index contributed by atoms with van der Waals surface area (Å²) >= 11 is 1.49. The van der Waals surface area contributed by atoms with Gasteiger partial charge in [0.05, 0.1) is 7.11 Å². The highest BCUT2D eigenvalue weighted by Gasteiger charge is 2.19. The van der Waals surface area contributed by atoms with Crippen LogP contribution < -0.4 is 15.4 Å². The number of carbonyl (C=O) groups excluding carboxylic acids is 1. The Balaban J connectivity index is 2.63. The Labute approximate surface area is 126 Å². The number of hydrogen-bond donors (Lipinski definition) is 3. The fourth-order valence-corrected chi connectivity index (χ4v) is 2.03. The van der Waals surface area contributed by atoms with Crippen molar-refractivity contribution in [2.75, 3.05) is 24.4 Å². The third kappa shape index (κ3) is 5.50. The van der Waals surface area contributed by atoms with Gasteiger partial charge in [0.25, 0.3) is 0 Å². The number of carbonyl (C=O) groups is 2. The first-order valence-electron chi connectivity index (χ1n) is 6.10. The van der Waals surface area contributed by atoms with E-state index in [1.807, 2.05) is 6.26 Å². The minimum Gasteiger partial charge on any atom is -0.494 e. The van der Waals surface area contributed by atoms with Gasteiger partial charge in [0, 0.05) is 11.8 Å². The largest absolute Gasteiger partial charge is 0.494 e. The summed E-state index contributed by atoms with van der Waals surface area (Å²) in [4.78, 5) is 22.7. The van der Waals surface area contributed by atoms with Crippen molar-refractivity contribution >= 4 is 29.4 Å². The predicted molar refractivity (Wildman–Crippen MR) is 79.5 cm³/mol. The van der Waals surface area contributed by atoms with Crippen LogP contribution in [0.1, 0.15) is 6.42 Å². The lowest BCUT2D eigenvalue weighted by atomic mass is 10.2. The second-order valence-corrected chi connectivity index (χ2v) is 5.11. The quantitative estimate of drug-likeness (QED) is 0.717. The molecule has 0 heterocycles. The third-order valence-corrected chi connectivity index (χ3v) is 3.27. The van der Waals surface area contributed by atoms with Crippen molar-refractivity contribution in [1.29, 1.82) is 0 Å². The molecule has 0 unspecified atom stereocenters. The number of methoxy groups -OCH3 is 1. The molecule has 1 aromatic rings. The number of rotatable bonds is 7. The van der Waals surface area contributed by atoms with E-state index in [0.717, 1.165) is 6.07 Å². The Bertz CT molecular complexity index is 513. The lowest BCUT2D eigenvalue weighted by molar-refractivity contribution is -0.139. The summed E-state index contributed by atoms with van der Waals surface area (Å²) in [5, 5.41) is 13.7. The van der Waals surface area contributed by atoms with Gasteiger partial charge < -0.3 is 20.5 Å². The molecule has 0 aromatic heterocycles. The minimum atomic E-state index is -1.11. The van der Waals surface area contributed by atoms with Crippen molar-refractivity contribution in [2.45, 2.75) is 12.5 Å². The molecule has 2 amide bonds. The van der Waals surface area contributed by atoms with Crippen molar-refractivity contribution in [3.05, 3.63) is 24.0 Å². The molecule has 0 fully saturated rings. The van der Waals surface area contributed by atoms with Crippen LogP contribution in [0, 0.1) is 5.82 Å². The average Bonchev–Trinajstić information content (AvgIpc) is 2.43. The molecule has 116 valence electrons. The van der Waals surface area contributed by atoms with Crippen LogP contribution in [0.25, 0.3) is 0 Å². The minimum absolute atomic E-state index is 0.0596. The fraction of sp³-hybridized carbons (Fsp3) is 0.385. The van der Waals surface area contributed by atoms with Crippen molar-refractivity contribution in [2.24, 2.45) is 0 Å². The monoisotopic (exact) mass is 316 g/mol. The molecule has 0 aliphatic rings. The molecule has 8 heteroatoms. The van der Waals surface area contributed by atoms with Gasteiger partial charge in [0.2, 0.25) is 0 Å². The van der Waals surface area contributed by atoms with Crippen LogP contribution in [0.5, 0.6) is 5.75 Å². The molecular weight excluding hydrogens is 299 g/mol. The molecule has 0 radical (unpaired) electrons. The summed E-state index contributed by atoms with van der Waals surface area (Å²) in [6, 6.07) is 2.23. The van der Waals surface area contributed by atoms with E-state index in [-0.39, 0.29) is 11.4 Å². The summed E-state index contributed by atoms with van der Waals surface area (Å²) in [5.41, 5.74) is 0.208. The topological polar surface area (TPSA) is 87.7 Å². The molecule has 1 rings (SSSR count). The molecule has 0 saturated heterocycles. The molecule has 0 bridgehead atoms. The number of anilines is 1. The van der Waals surface area contributed by atoms with Gasteiger partial charge in [-0.25, -0.2) is 14.0 Å².